The zero-order chi connectivity index (χ0) is 9.26. The van der Waals surface area contributed by atoms with Gasteiger partial charge in [-0.25, -0.2) is 4.79 Å². The number of ether oxygens (including phenoxy) is 1. The van der Waals surface area contributed by atoms with E-state index in [1.807, 2.05) is 16.8 Å². The topological polar surface area (TPSA) is 43.3 Å². The monoisotopic (exact) mass is 178 g/mol. The Morgan fingerprint density at radius 2 is 2.54 bits per heavy atom. The normalized spacial score (nSPS) is 13.3. The lowest BCUT2D eigenvalue weighted by molar-refractivity contribution is 0.0601. The summed E-state index contributed by atoms with van der Waals surface area (Å²) in [5.41, 5.74) is 4.61. The van der Waals surface area contributed by atoms with Crippen LogP contribution >= 0.6 is 0 Å². The summed E-state index contributed by atoms with van der Waals surface area (Å²) in [5.74, 6) is -0.308. The second kappa shape index (κ2) is 2.97. The summed E-state index contributed by atoms with van der Waals surface area (Å²) in [7, 11) is 1.38. The number of methoxy groups -OCH3 is 1. The average molecular weight is 178 g/mol. The molecule has 0 fully saturated rings. The van der Waals surface area contributed by atoms with Gasteiger partial charge < -0.3 is 10.2 Å². The summed E-state index contributed by atoms with van der Waals surface area (Å²) in [4.78, 5) is 11.1. The van der Waals surface area contributed by atoms with E-state index in [2.05, 4.69) is 10.2 Å². The van der Waals surface area contributed by atoms with Crippen molar-refractivity contribution >= 4 is 12.0 Å². The highest BCUT2D eigenvalue weighted by Gasteiger charge is 2.11. The number of rotatable bonds is 1. The minimum Gasteiger partial charge on any atom is -0.465 e. The van der Waals surface area contributed by atoms with E-state index in [0.717, 1.165) is 12.2 Å². The molecule has 68 valence electrons. The quantitative estimate of drug-likeness (QED) is 0.648. The Morgan fingerprint density at radius 1 is 1.69 bits per heavy atom. The third-order valence-corrected chi connectivity index (χ3v) is 1.94. The molecule has 1 aromatic heterocycles. The number of carbonyl (C=O) groups excluding carboxylic acids is 1. The molecule has 0 saturated carbocycles. The third kappa shape index (κ3) is 1.30. The molecule has 0 radical (unpaired) electrons. The molecule has 13 heavy (non-hydrogen) atoms. The van der Waals surface area contributed by atoms with Crippen LogP contribution in [0.15, 0.2) is 18.3 Å². The number of nitrogens with one attached hydrogen (secondary N) is 1. The van der Waals surface area contributed by atoms with Gasteiger partial charge in [0.05, 0.1) is 18.4 Å². The molecule has 1 N–H and O–H groups in total. The van der Waals surface area contributed by atoms with Crippen LogP contribution in [0.1, 0.15) is 16.1 Å². The summed E-state index contributed by atoms with van der Waals surface area (Å²) in [6, 6.07) is 1.79. The van der Waals surface area contributed by atoms with Crippen LogP contribution in [0.25, 0.3) is 6.08 Å². The van der Waals surface area contributed by atoms with Crippen molar-refractivity contribution in [1.29, 1.82) is 0 Å². The third-order valence-electron chi connectivity index (χ3n) is 1.94. The highest BCUT2D eigenvalue weighted by molar-refractivity contribution is 5.90. The van der Waals surface area contributed by atoms with Gasteiger partial charge in [-0.3, -0.25) is 4.68 Å². The van der Waals surface area contributed by atoms with Gasteiger partial charge in [0.25, 0.3) is 0 Å². The molecule has 1 aromatic rings. The molecule has 1 aliphatic rings. The van der Waals surface area contributed by atoms with Crippen molar-refractivity contribution in [2.45, 2.75) is 0 Å². The van der Waals surface area contributed by atoms with E-state index >= 15 is 0 Å². The van der Waals surface area contributed by atoms with Gasteiger partial charge in [0.2, 0.25) is 0 Å². The van der Waals surface area contributed by atoms with Gasteiger partial charge in [-0.05, 0) is 12.1 Å². The van der Waals surface area contributed by atoms with E-state index in [-0.39, 0.29) is 5.97 Å². The minimum atomic E-state index is -0.308. The highest BCUT2D eigenvalue weighted by Crippen LogP contribution is 2.12. The molecule has 2 heterocycles. The maximum Gasteiger partial charge on any atom is 0.339 e. The smallest absolute Gasteiger partial charge is 0.339 e. The number of esters is 1. The average Bonchev–Trinajstić information content (AvgIpc) is 2.59. The van der Waals surface area contributed by atoms with Gasteiger partial charge in [0, 0.05) is 12.7 Å². The van der Waals surface area contributed by atoms with Crippen LogP contribution in [0.4, 0.5) is 0 Å². The Morgan fingerprint density at radius 3 is 3.23 bits per heavy atom. The van der Waals surface area contributed by atoms with Crippen molar-refractivity contribution in [2.75, 3.05) is 19.1 Å². The molecule has 0 amide bonds. The highest BCUT2D eigenvalue weighted by atomic mass is 16.5. The Kier molecular flexibility index (Phi) is 1.81. The SMILES string of the molecule is COC(=O)c1cc2n(c1)NCC=C2. The molecule has 0 saturated heterocycles. The van der Waals surface area contributed by atoms with Gasteiger partial charge in [-0.1, -0.05) is 6.08 Å². The molecular weight excluding hydrogens is 168 g/mol. The van der Waals surface area contributed by atoms with Crippen molar-refractivity contribution < 1.29 is 9.53 Å². The van der Waals surface area contributed by atoms with Gasteiger partial charge in [0.1, 0.15) is 0 Å². The van der Waals surface area contributed by atoms with Gasteiger partial charge >= 0.3 is 5.97 Å². The maximum absolute atomic E-state index is 11.1. The van der Waals surface area contributed by atoms with Crippen molar-refractivity contribution in [3.8, 4) is 0 Å². The summed E-state index contributed by atoms with van der Waals surface area (Å²) in [6.45, 7) is 0.780. The van der Waals surface area contributed by atoms with Gasteiger partial charge in [-0.2, -0.15) is 0 Å². The number of carbonyl (C=O) groups is 1. The van der Waals surface area contributed by atoms with Crippen LogP contribution in [0.5, 0.6) is 0 Å². The first kappa shape index (κ1) is 7.91. The van der Waals surface area contributed by atoms with Crippen molar-refractivity contribution in [3.05, 3.63) is 29.6 Å². The predicted octanol–water partition coefficient (Wildman–Crippen LogP) is 0.845. The fourth-order valence-corrected chi connectivity index (χ4v) is 1.31. The van der Waals surface area contributed by atoms with E-state index in [0.29, 0.717) is 5.56 Å². The number of fused-ring (bicyclic) bond motifs is 1. The molecule has 0 bridgehead atoms. The number of nitrogens with zero attached hydrogens (tertiary/aromatic N) is 1. The Bertz CT molecular complexity index is 366. The number of aromatic nitrogens is 1. The molecule has 0 unspecified atom stereocenters. The molecule has 0 aliphatic carbocycles. The van der Waals surface area contributed by atoms with E-state index in [1.165, 1.54) is 7.11 Å². The minimum absolute atomic E-state index is 0.308. The summed E-state index contributed by atoms with van der Waals surface area (Å²) >= 11 is 0. The van der Waals surface area contributed by atoms with E-state index in [4.69, 9.17) is 0 Å². The molecule has 0 spiro atoms. The Balaban J connectivity index is 2.36. The largest absolute Gasteiger partial charge is 0.465 e. The second-order valence-electron chi connectivity index (χ2n) is 2.78. The fraction of sp³-hybridized carbons (Fsp3) is 0.222. The molecular formula is C9H10N2O2. The van der Waals surface area contributed by atoms with Crippen LogP contribution in [0.2, 0.25) is 0 Å². The molecule has 1 aliphatic heterocycles. The van der Waals surface area contributed by atoms with Gasteiger partial charge in [0.15, 0.2) is 0 Å². The first-order valence-corrected chi connectivity index (χ1v) is 4.02. The van der Waals surface area contributed by atoms with Crippen LogP contribution in [-0.2, 0) is 4.74 Å². The maximum atomic E-state index is 11.1. The summed E-state index contributed by atoms with van der Waals surface area (Å²) in [5, 5.41) is 0. The van der Waals surface area contributed by atoms with Crippen molar-refractivity contribution in [1.82, 2.24) is 4.68 Å². The zero-order valence-corrected chi connectivity index (χ0v) is 7.28. The molecule has 4 nitrogen and oxygen atoms in total. The summed E-state index contributed by atoms with van der Waals surface area (Å²) in [6.07, 6.45) is 5.68. The van der Waals surface area contributed by atoms with E-state index < -0.39 is 0 Å². The fourth-order valence-electron chi connectivity index (χ4n) is 1.31. The molecule has 0 aromatic carbocycles. The first-order valence-electron chi connectivity index (χ1n) is 4.02. The van der Waals surface area contributed by atoms with Crippen LogP contribution in [0.3, 0.4) is 0 Å². The lowest BCUT2D eigenvalue weighted by Crippen LogP contribution is -2.17. The van der Waals surface area contributed by atoms with Crippen molar-refractivity contribution in [3.63, 3.8) is 0 Å². The van der Waals surface area contributed by atoms with Crippen LogP contribution < -0.4 is 5.43 Å². The van der Waals surface area contributed by atoms with E-state index in [1.54, 1.807) is 12.3 Å². The van der Waals surface area contributed by atoms with Gasteiger partial charge in [-0.15, -0.1) is 0 Å². The Labute approximate surface area is 75.8 Å². The lowest BCUT2D eigenvalue weighted by atomic mass is 10.3. The summed E-state index contributed by atoms with van der Waals surface area (Å²) < 4.78 is 6.42. The number of hydrogen-bond acceptors (Lipinski definition) is 3. The number of hydrogen-bond donors (Lipinski definition) is 1. The predicted molar refractivity (Wildman–Crippen MR) is 49.0 cm³/mol. The first-order chi connectivity index (χ1) is 6.31. The van der Waals surface area contributed by atoms with E-state index in [9.17, 15) is 4.79 Å². The lowest BCUT2D eigenvalue weighted by Gasteiger charge is -2.11. The van der Waals surface area contributed by atoms with Crippen molar-refractivity contribution in [2.24, 2.45) is 0 Å². The molecule has 4 heteroatoms. The standard InChI is InChI=1S/C9H10N2O2/c1-13-9(12)7-5-8-3-2-4-10-11(8)6-7/h2-3,5-6,10H,4H2,1H3. The Hall–Kier alpha value is -1.71. The zero-order valence-electron chi connectivity index (χ0n) is 7.28. The molecule has 2 rings (SSSR count). The molecule has 0 atom stereocenters. The second-order valence-corrected chi connectivity index (χ2v) is 2.78. The van der Waals surface area contributed by atoms with Crippen LogP contribution in [0, 0.1) is 0 Å². The van der Waals surface area contributed by atoms with Crippen LogP contribution in [-0.4, -0.2) is 24.3 Å².